The first-order valence-electron chi connectivity index (χ1n) is 7.00. The zero-order chi connectivity index (χ0) is 12.4. The summed E-state index contributed by atoms with van der Waals surface area (Å²) in [5.74, 6) is 0.671. The lowest BCUT2D eigenvalue weighted by Crippen LogP contribution is -2.38. The molecule has 4 nitrogen and oxygen atoms in total. The van der Waals surface area contributed by atoms with E-state index in [2.05, 4.69) is 15.2 Å². The third-order valence-electron chi connectivity index (χ3n) is 3.90. The summed E-state index contributed by atoms with van der Waals surface area (Å²) >= 11 is 0. The molecule has 2 heterocycles. The molecule has 0 radical (unpaired) electrons. The van der Waals surface area contributed by atoms with Crippen molar-refractivity contribution in [3.63, 3.8) is 0 Å². The maximum atomic E-state index is 12.1. The van der Waals surface area contributed by atoms with Crippen LogP contribution < -0.4 is 10.6 Å². The third-order valence-corrected chi connectivity index (χ3v) is 3.90. The first-order valence-corrected chi connectivity index (χ1v) is 7.00. The van der Waals surface area contributed by atoms with Crippen LogP contribution in [0.2, 0.25) is 0 Å². The van der Waals surface area contributed by atoms with Crippen LogP contribution in [-0.4, -0.2) is 30.1 Å². The molecule has 1 saturated heterocycles. The molecule has 1 aromatic heterocycles. The minimum absolute atomic E-state index is 0.0810. The molecule has 2 aliphatic rings. The van der Waals surface area contributed by atoms with Gasteiger partial charge in [0.2, 0.25) is 0 Å². The molecule has 18 heavy (non-hydrogen) atoms. The van der Waals surface area contributed by atoms with Crippen LogP contribution in [0.25, 0.3) is 0 Å². The van der Waals surface area contributed by atoms with Crippen molar-refractivity contribution < 1.29 is 4.79 Å². The average molecular weight is 247 g/mol. The fourth-order valence-corrected chi connectivity index (χ4v) is 2.68. The van der Waals surface area contributed by atoms with Crippen LogP contribution in [0.1, 0.15) is 42.2 Å². The fraction of sp³-hybridized carbons (Fsp3) is 0.643. The summed E-state index contributed by atoms with van der Waals surface area (Å²) in [7, 11) is 0. The fourth-order valence-electron chi connectivity index (χ4n) is 2.68. The molecular formula is C14H21N3O. The molecule has 3 rings (SSSR count). The molecule has 1 aromatic rings. The molecule has 1 aliphatic heterocycles. The molecule has 1 saturated carbocycles. The van der Waals surface area contributed by atoms with E-state index in [0.29, 0.717) is 12.0 Å². The van der Waals surface area contributed by atoms with Crippen LogP contribution in [-0.2, 0) is 0 Å². The smallest absolute Gasteiger partial charge is 0.267 e. The number of piperidine rings is 1. The zero-order valence-corrected chi connectivity index (χ0v) is 10.7. The molecule has 1 amide bonds. The van der Waals surface area contributed by atoms with Gasteiger partial charge in [-0.15, -0.1) is 0 Å². The number of rotatable bonds is 4. The number of nitrogens with zero attached hydrogens (tertiary/aromatic N) is 1. The third kappa shape index (κ3) is 2.58. The van der Waals surface area contributed by atoms with Gasteiger partial charge < -0.3 is 15.2 Å². The molecule has 0 aromatic carbocycles. The van der Waals surface area contributed by atoms with Crippen LogP contribution in [0.15, 0.2) is 18.3 Å². The van der Waals surface area contributed by atoms with E-state index >= 15 is 0 Å². The van der Waals surface area contributed by atoms with Gasteiger partial charge in [0.05, 0.1) is 0 Å². The first-order chi connectivity index (χ1) is 8.84. The average Bonchev–Trinajstić information content (AvgIpc) is 3.14. The molecule has 1 atom stereocenters. The number of carbonyl (C=O) groups is 1. The topological polar surface area (TPSA) is 46.1 Å². The monoisotopic (exact) mass is 247 g/mol. The second-order valence-electron chi connectivity index (χ2n) is 5.45. The summed E-state index contributed by atoms with van der Waals surface area (Å²) in [4.78, 5) is 12.1. The number of aromatic nitrogens is 1. The van der Waals surface area contributed by atoms with Crippen LogP contribution in [0.3, 0.4) is 0 Å². The van der Waals surface area contributed by atoms with Gasteiger partial charge in [-0.3, -0.25) is 4.79 Å². The van der Waals surface area contributed by atoms with Crippen LogP contribution >= 0.6 is 0 Å². The Labute approximate surface area is 108 Å². The Balaban J connectivity index is 1.55. The highest BCUT2D eigenvalue weighted by Gasteiger charge is 2.26. The molecule has 4 heteroatoms. The number of carbonyl (C=O) groups excluding carboxylic acids is 1. The van der Waals surface area contributed by atoms with Crippen molar-refractivity contribution in [3.8, 4) is 0 Å². The lowest BCUT2D eigenvalue weighted by molar-refractivity contribution is 0.0935. The number of hydrogen-bond donors (Lipinski definition) is 2. The van der Waals surface area contributed by atoms with Gasteiger partial charge >= 0.3 is 0 Å². The van der Waals surface area contributed by atoms with E-state index in [1.807, 2.05) is 18.3 Å². The summed E-state index contributed by atoms with van der Waals surface area (Å²) in [5.41, 5.74) is 0.821. The van der Waals surface area contributed by atoms with Crippen molar-refractivity contribution in [1.82, 2.24) is 15.2 Å². The molecule has 1 unspecified atom stereocenters. The Morgan fingerprint density at radius 3 is 3.06 bits per heavy atom. The Morgan fingerprint density at radius 2 is 2.33 bits per heavy atom. The van der Waals surface area contributed by atoms with Crippen molar-refractivity contribution in [2.75, 3.05) is 19.6 Å². The van der Waals surface area contributed by atoms with Gasteiger partial charge in [-0.1, -0.05) is 0 Å². The van der Waals surface area contributed by atoms with Gasteiger partial charge in [0.25, 0.3) is 5.91 Å². The molecule has 98 valence electrons. The van der Waals surface area contributed by atoms with Crippen molar-refractivity contribution in [3.05, 3.63) is 24.0 Å². The maximum Gasteiger partial charge on any atom is 0.267 e. The molecular weight excluding hydrogens is 226 g/mol. The Morgan fingerprint density at radius 1 is 1.44 bits per heavy atom. The minimum atomic E-state index is 0.0810. The Kier molecular flexibility index (Phi) is 3.37. The van der Waals surface area contributed by atoms with Gasteiger partial charge in [-0.25, -0.2) is 0 Å². The normalized spacial score (nSPS) is 23.9. The van der Waals surface area contributed by atoms with E-state index in [4.69, 9.17) is 0 Å². The van der Waals surface area contributed by atoms with E-state index < -0.39 is 0 Å². The Hall–Kier alpha value is -1.29. The second-order valence-corrected chi connectivity index (χ2v) is 5.45. The lowest BCUT2D eigenvalue weighted by Gasteiger charge is -2.23. The van der Waals surface area contributed by atoms with Crippen LogP contribution in [0, 0.1) is 5.92 Å². The summed E-state index contributed by atoms with van der Waals surface area (Å²) in [6, 6.07) is 4.46. The summed E-state index contributed by atoms with van der Waals surface area (Å²) in [6.45, 7) is 2.95. The van der Waals surface area contributed by atoms with E-state index in [1.54, 1.807) is 0 Å². The van der Waals surface area contributed by atoms with Crippen molar-refractivity contribution in [2.45, 2.75) is 31.7 Å². The van der Waals surface area contributed by atoms with Crippen molar-refractivity contribution in [1.29, 1.82) is 0 Å². The van der Waals surface area contributed by atoms with E-state index in [0.717, 1.165) is 25.3 Å². The van der Waals surface area contributed by atoms with Crippen molar-refractivity contribution >= 4 is 5.91 Å². The molecule has 1 aliphatic carbocycles. The highest BCUT2D eigenvalue weighted by atomic mass is 16.1. The summed E-state index contributed by atoms with van der Waals surface area (Å²) in [6.07, 6.45) is 6.88. The van der Waals surface area contributed by atoms with Gasteiger partial charge in [0.1, 0.15) is 5.69 Å². The molecule has 0 bridgehead atoms. The van der Waals surface area contributed by atoms with Gasteiger partial charge in [0, 0.05) is 18.8 Å². The van der Waals surface area contributed by atoms with Gasteiger partial charge in [-0.05, 0) is 56.8 Å². The molecule has 0 spiro atoms. The highest BCUT2D eigenvalue weighted by Crippen LogP contribution is 2.35. The van der Waals surface area contributed by atoms with E-state index in [-0.39, 0.29) is 5.91 Å². The standard InChI is InChI=1S/C14H21N3O/c18-14(16-10-11-3-1-7-15-9-11)13-4-2-8-17(13)12-5-6-12/h2,4,8,11-12,15H,1,3,5-7,9-10H2,(H,16,18). The predicted octanol–water partition coefficient (Wildman–Crippen LogP) is 1.55. The van der Waals surface area contributed by atoms with E-state index in [1.165, 1.54) is 25.7 Å². The largest absolute Gasteiger partial charge is 0.350 e. The summed E-state index contributed by atoms with van der Waals surface area (Å²) < 4.78 is 2.12. The Bertz CT molecular complexity index is 416. The van der Waals surface area contributed by atoms with Crippen LogP contribution in [0.4, 0.5) is 0 Å². The summed E-state index contributed by atoms with van der Waals surface area (Å²) in [5, 5.41) is 6.45. The first kappa shape index (κ1) is 11.8. The van der Waals surface area contributed by atoms with Crippen molar-refractivity contribution in [2.24, 2.45) is 5.92 Å². The molecule has 2 N–H and O–H groups in total. The number of hydrogen-bond acceptors (Lipinski definition) is 2. The minimum Gasteiger partial charge on any atom is -0.350 e. The lowest BCUT2D eigenvalue weighted by atomic mass is 10.00. The second kappa shape index (κ2) is 5.14. The maximum absolute atomic E-state index is 12.1. The SMILES string of the molecule is O=C(NCC1CCCNC1)c1cccn1C1CC1. The van der Waals surface area contributed by atoms with Crippen LogP contribution in [0.5, 0.6) is 0 Å². The number of nitrogens with one attached hydrogen (secondary N) is 2. The highest BCUT2D eigenvalue weighted by molar-refractivity contribution is 5.92. The zero-order valence-electron chi connectivity index (χ0n) is 10.7. The van der Waals surface area contributed by atoms with Gasteiger partial charge in [0.15, 0.2) is 0 Å². The quantitative estimate of drug-likeness (QED) is 0.848. The predicted molar refractivity (Wildman–Crippen MR) is 70.6 cm³/mol. The molecule has 2 fully saturated rings. The number of amides is 1. The van der Waals surface area contributed by atoms with Gasteiger partial charge in [-0.2, -0.15) is 0 Å². The van der Waals surface area contributed by atoms with E-state index in [9.17, 15) is 4.79 Å².